The molecule has 2 aromatic rings. The van der Waals surface area contributed by atoms with E-state index < -0.39 is 0 Å². The number of anilines is 1. The number of benzene rings is 1. The molecule has 3 rings (SSSR count). The van der Waals surface area contributed by atoms with Gasteiger partial charge in [0.05, 0.1) is 11.1 Å². The van der Waals surface area contributed by atoms with E-state index in [0.717, 1.165) is 37.5 Å². The summed E-state index contributed by atoms with van der Waals surface area (Å²) in [5, 5.41) is 14.3. The van der Waals surface area contributed by atoms with Crippen molar-refractivity contribution in [3.8, 4) is 5.75 Å². The van der Waals surface area contributed by atoms with Crippen LogP contribution in [0.3, 0.4) is 0 Å². The molecule has 1 atom stereocenters. The predicted octanol–water partition coefficient (Wildman–Crippen LogP) is 4.58. The van der Waals surface area contributed by atoms with Crippen molar-refractivity contribution in [2.24, 2.45) is 11.0 Å². The molecule has 1 heterocycles. The van der Waals surface area contributed by atoms with Crippen LogP contribution >= 0.6 is 11.3 Å². The molecule has 150 valence electrons. The van der Waals surface area contributed by atoms with Gasteiger partial charge < -0.3 is 10.0 Å². The molecule has 0 spiro atoms. The number of aryl methyl sites for hydroxylation is 1. The number of aromatic hydroxyl groups is 1. The van der Waals surface area contributed by atoms with Crippen LogP contribution in [-0.2, 0) is 12.8 Å². The number of hydrogen-bond donors (Lipinski definition) is 2. The zero-order valence-electron chi connectivity index (χ0n) is 16.9. The van der Waals surface area contributed by atoms with Gasteiger partial charge in [0.25, 0.3) is 5.91 Å². The second-order valence-electron chi connectivity index (χ2n) is 7.19. The summed E-state index contributed by atoms with van der Waals surface area (Å²) < 4.78 is 0. The van der Waals surface area contributed by atoms with Gasteiger partial charge in [-0.25, -0.2) is 5.43 Å². The van der Waals surface area contributed by atoms with Crippen LogP contribution in [0.2, 0.25) is 0 Å². The molecule has 0 aliphatic heterocycles. The number of phenols is 1. The van der Waals surface area contributed by atoms with E-state index in [4.69, 9.17) is 0 Å². The summed E-state index contributed by atoms with van der Waals surface area (Å²) in [5.74, 6) is 0.695. The Morgan fingerprint density at radius 1 is 1.32 bits per heavy atom. The Labute approximate surface area is 171 Å². The fourth-order valence-electron chi connectivity index (χ4n) is 3.70. The third kappa shape index (κ3) is 4.55. The van der Waals surface area contributed by atoms with E-state index in [9.17, 15) is 9.90 Å². The molecule has 5 nitrogen and oxygen atoms in total. The number of amides is 1. The van der Waals surface area contributed by atoms with Crippen molar-refractivity contribution in [3.63, 3.8) is 0 Å². The second-order valence-corrected chi connectivity index (χ2v) is 8.33. The molecule has 1 aromatic carbocycles. The first-order chi connectivity index (χ1) is 13.5. The van der Waals surface area contributed by atoms with Gasteiger partial charge in [0.1, 0.15) is 5.75 Å². The number of fused-ring (bicyclic) bond motifs is 1. The molecule has 0 unspecified atom stereocenters. The summed E-state index contributed by atoms with van der Waals surface area (Å²) in [6.07, 6.45) is 6.04. The molecule has 28 heavy (non-hydrogen) atoms. The van der Waals surface area contributed by atoms with E-state index in [1.807, 2.05) is 18.2 Å². The van der Waals surface area contributed by atoms with Crippen LogP contribution in [0.25, 0.3) is 0 Å². The lowest BCUT2D eigenvalue weighted by molar-refractivity contribution is 0.0959. The van der Waals surface area contributed by atoms with Gasteiger partial charge in [0.15, 0.2) is 0 Å². The van der Waals surface area contributed by atoms with E-state index in [1.54, 1.807) is 17.4 Å². The molecule has 1 aromatic heterocycles. The van der Waals surface area contributed by atoms with Gasteiger partial charge in [-0.15, -0.1) is 11.3 Å². The first-order valence-electron chi connectivity index (χ1n) is 10.1. The van der Waals surface area contributed by atoms with E-state index in [-0.39, 0.29) is 11.7 Å². The number of carbonyl (C=O) groups is 1. The van der Waals surface area contributed by atoms with Crippen molar-refractivity contribution in [1.29, 1.82) is 0 Å². The van der Waals surface area contributed by atoms with Crippen LogP contribution in [0.5, 0.6) is 5.75 Å². The van der Waals surface area contributed by atoms with Crippen LogP contribution in [0.4, 0.5) is 5.69 Å². The van der Waals surface area contributed by atoms with Gasteiger partial charge in [-0.1, -0.05) is 13.3 Å². The third-order valence-corrected chi connectivity index (χ3v) is 6.73. The number of phenolic OH excluding ortho intramolecular Hbond substituents is 1. The fraction of sp³-hybridized carbons (Fsp3) is 0.455. The standard InChI is InChI=1S/C22H29N3O2S/c1-4-15-7-10-20-17(11-15)12-21(28-20)22(27)24-23-14-16-8-9-18(13-19(16)26)25(5-2)6-3/h8-9,12-15,26H,4-7,10-11H2,1-3H3,(H,24,27)/b23-14+/t15-/m0/s1. The molecule has 0 radical (unpaired) electrons. The first-order valence-corrected chi connectivity index (χ1v) is 10.9. The largest absolute Gasteiger partial charge is 0.507 e. The lowest BCUT2D eigenvalue weighted by Gasteiger charge is -2.21. The number of nitrogens with one attached hydrogen (secondary N) is 1. The monoisotopic (exact) mass is 399 g/mol. The topological polar surface area (TPSA) is 64.9 Å². The van der Waals surface area contributed by atoms with E-state index in [0.29, 0.717) is 10.4 Å². The number of thiophene rings is 1. The Kier molecular flexibility index (Phi) is 6.73. The van der Waals surface area contributed by atoms with Gasteiger partial charge in [-0.05, 0) is 62.8 Å². The molecule has 6 heteroatoms. The first kappa shape index (κ1) is 20.4. The molecule has 2 N–H and O–H groups in total. The third-order valence-electron chi connectivity index (χ3n) is 5.50. The zero-order chi connectivity index (χ0) is 20.1. The average molecular weight is 400 g/mol. The van der Waals surface area contributed by atoms with Crippen molar-refractivity contribution in [2.45, 2.75) is 46.5 Å². The highest BCUT2D eigenvalue weighted by atomic mass is 32.1. The molecule has 1 amide bonds. The van der Waals surface area contributed by atoms with Crippen molar-refractivity contribution in [3.05, 3.63) is 45.1 Å². The Morgan fingerprint density at radius 3 is 2.79 bits per heavy atom. The Morgan fingerprint density at radius 2 is 2.11 bits per heavy atom. The second kappa shape index (κ2) is 9.24. The summed E-state index contributed by atoms with van der Waals surface area (Å²) in [7, 11) is 0. The minimum atomic E-state index is -0.192. The Hall–Kier alpha value is -2.34. The summed E-state index contributed by atoms with van der Waals surface area (Å²) in [4.78, 5) is 16.6. The minimum absolute atomic E-state index is 0.152. The number of rotatable bonds is 7. The molecule has 1 aliphatic rings. The minimum Gasteiger partial charge on any atom is -0.507 e. The SMILES string of the molecule is CC[C@H]1CCc2sc(C(=O)N/N=C/c3ccc(N(CC)CC)cc3O)cc2C1. The number of hydrazone groups is 1. The Balaban J connectivity index is 1.63. The maximum absolute atomic E-state index is 12.4. The fourth-order valence-corrected chi connectivity index (χ4v) is 4.80. The van der Waals surface area contributed by atoms with Crippen LogP contribution in [0, 0.1) is 5.92 Å². The Bertz CT molecular complexity index is 855. The quantitative estimate of drug-likeness (QED) is 0.529. The predicted molar refractivity (Wildman–Crippen MR) is 117 cm³/mol. The lowest BCUT2D eigenvalue weighted by atomic mass is 9.87. The molecule has 0 bridgehead atoms. The van der Waals surface area contributed by atoms with E-state index in [1.165, 1.54) is 29.5 Å². The highest BCUT2D eigenvalue weighted by molar-refractivity contribution is 7.14. The number of hydrogen-bond acceptors (Lipinski definition) is 5. The molecule has 1 aliphatic carbocycles. The highest BCUT2D eigenvalue weighted by Crippen LogP contribution is 2.33. The van der Waals surface area contributed by atoms with E-state index in [2.05, 4.69) is 36.2 Å². The summed E-state index contributed by atoms with van der Waals surface area (Å²) >= 11 is 1.57. The van der Waals surface area contributed by atoms with Gasteiger partial charge in [0, 0.05) is 35.3 Å². The smallest absolute Gasteiger partial charge is 0.281 e. The van der Waals surface area contributed by atoms with Gasteiger partial charge in [-0.2, -0.15) is 5.10 Å². The van der Waals surface area contributed by atoms with Gasteiger partial charge in [0.2, 0.25) is 0 Å². The van der Waals surface area contributed by atoms with Crippen LogP contribution in [0.15, 0.2) is 29.4 Å². The van der Waals surface area contributed by atoms with Crippen LogP contribution in [0.1, 0.15) is 59.3 Å². The van der Waals surface area contributed by atoms with Gasteiger partial charge >= 0.3 is 0 Å². The number of carbonyl (C=O) groups excluding carboxylic acids is 1. The van der Waals surface area contributed by atoms with Crippen molar-refractivity contribution in [1.82, 2.24) is 5.43 Å². The molecular weight excluding hydrogens is 370 g/mol. The van der Waals surface area contributed by atoms with Crippen molar-refractivity contribution >= 4 is 29.1 Å². The van der Waals surface area contributed by atoms with Crippen molar-refractivity contribution in [2.75, 3.05) is 18.0 Å². The molecular formula is C22H29N3O2S. The maximum Gasteiger partial charge on any atom is 0.281 e. The molecule has 0 saturated carbocycles. The van der Waals surface area contributed by atoms with E-state index >= 15 is 0 Å². The zero-order valence-corrected chi connectivity index (χ0v) is 17.7. The highest BCUT2D eigenvalue weighted by Gasteiger charge is 2.21. The molecule has 0 saturated heterocycles. The summed E-state index contributed by atoms with van der Waals surface area (Å²) in [5.41, 5.74) is 5.46. The average Bonchev–Trinajstić information content (AvgIpc) is 3.13. The normalized spacial score (nSPS) is 16.2. The van der Waals surface area contributed by atoms with Crippen LogP contribution < -0.4 is 10.3 Å². The van der Waals surface area contributed by atoms with Gasteiger partial charge in [-0.3, -0.25) is 4.79 Å². The summed E-state index contributed by atoms with van der Waals surface area (Å²) in [6, 6.07) is 7.51. The number of nitrogens with zero attached hydrogens (tertiary/aromatic N) is 2. The maximum atomic E-state index is 12.4. The van der Waals surface area contributed by atoms with Crippen LogP contribution in [-0.4, -0.2) is 30.3 Å². The lowest BCUT2D eigenvalue weighted by Crippen LogP contribution is -2.21. The molecule has 0 fully saturated rings. The van der Waals surface area contributed by atoms with Crippen molar-refractivity contribution < 1.29 is 9.90 Å². The summed E-state index contributed by atoms with van der Waals surface area (Å²) in [6.45, 7) is 8.15.